The van der Waals surface area contributed by atoms with Crippen molar-refractivity contribution in [2.75, 3.05) is 27.2 Å². The topological polar surface area (TPSA) is 105 Å². The predicted octanol–water partition coefficient (Wildman–Crippen LogP) is 1.68. The van der Waals surface area contributed by atoms with Gasteiger partial charge in [-0.3, -0.25) is 19.2 Å². The van der Waals surface area contributed by atoms with Crippen molar-refractivity contribution in [3.05, 3.63) is 29.8 Å². The van der Waals surface area contributed by atoms with Gasteiger partial charge in [0.15, 0.2) is 0 Å². The minimum Gasteiger partial charge on any atom is -0.497 e. The van der Waals surface area contributed by atoms with Crippen LogP contribution in [0.4, 0.5) is 4.79 Å². The average Bonchev–Trinajstić information content (AvgIpc) is 2.56. The fraction of sp³-hybridized carbons (Fsp3) is 0.429. The third-order valence-corrected chi connectivity index (χ3v) is 4.13. The van der Waals surface area contributed by atoms with E-state index < -0.39 is 27.6 Å². The zero-order chi connectivity index (χ0) is 18.1. The molecule has 1 aromatic carbocycles. The van der Waals surface area contributed by atoms with Crippen LogP contribution in [0, 0.1) is 0 Å². The number of carbonyl (C=O) groups excluding carboxylic acids is 2. The zero-order valence-electron chi connectivity index (χ0n) is 13.6. The fourth-order valence-electron chi connectivity index (χ4n) is 2.00. The Bertz CT molecular complexity index is 696. The van der Waals surface area contributed by atoms with E-state index in [1.165, 1.54) is 7.11 Å². The van der Waals surface area contributed by atoms with Gasteiger partial charge < -0.3 is 4.74 Å². The minimum atomic E-state index is -2.63. The largest absolute Gasteiger partial charge is 0.497 e. The van der Waals surface area contributed by atoms with Crippen molar-refractivity contribution in [2.24, 2.45) is 4.36 Å². The molecule has 0 spiro atoms. The van der Waals surface area contributed by atoms with E-state index in [1.54, 1.807) is 38.2 Å². The van der Waals surface area contributed by atoms with Crippen LogP contribution < -0.4 is 9.46 Å². The van der Waals surface area contributed by atoms with Gasteiger partial charge in [-0.15, -0.1) is 0 Å². The number of rotatable bonds is 7. The Balaban J connectivity index is 3.17. The van der Waals surface area contributed by atoms with Crippen LogP contribution in [0.25, 0.3) is 0 Å². The molecule has 0 saturated carbocycles. The summed E-state index contributed by atoms with van der Waals surface area (Å²) in [7, 11) is 0.446. The first-order chi connectivity index (χ1) is 11.4. The molecule has 0 bridgehead atoms. The first kappa shape index (κ1) is 20.1. The van der Waals surface area contributed by atoms with Gasteiger partial charge in [-0.1, -0.05) is 12.1 Å². The molecular formula is C14H19N3O5S2. The molecule has 0 aliphatic carbocycles. The second-order valence-electron chi connectivity index (χ2n) is 4.51. The number of carbonyl (C=O) groups is 2. The van der Waals surface area contributed by atoms with Crippen LogP contribution in [-0.4, -0.2) is 51.7 Å². The highest BCUT2D eigenvalue weighted by atomic mass is 32.2. The first-order valence-electron chi connectivity index (χ1n) is 7.04. The highest BCUT2D eigenvalue weighted by Gasteiger charge is 2.29. The van der Waals surface area contributed by atoms with Crippen LogP contribution in [0.1, 0.15) is 18.4 Å². The summed E-state index contributed by atoms with van der Waals surface area (Å²) in [6, 6.07) is 6.61. The van der Waals surface area contributed by atoms with Crippen molar-refractivity contribution in [3.63, 3.8) is 0 Å². The molecule has 24 heavy (non-hydrogen) atoms. The normalized spacial score (nSPS) is 11.5. The van der Waals surface area contributed by atoms with Gasteiger partial charge in [0.25, 0.3) is 0 Å². The Morgan fingerprint density at radius 1 is 1.33 bits per heavy atom. The molecule has 8 nitrogen and oxygen atoms in total. The van der Waals surface area contributed by atoms with Crippen LogP contribution >= 0.6 is 11.9 Å². The second-order valence-corrected chi connectivity index (χ2v) is 6.16. The Labute approximate surface area is 146 Å². The highest BCUT2D eigenvalue weighted by Crippen LogP contribution is 2.23. The summed E-state index contributed by atoms with van der Waals surface area (Å²) in [6.45, 7) is 1.56. The quantitative estimate of drug-likeness (QED) is 0.725. The van der Waals surface area contributed by atoms with E-state index >= 15 is 0 Å². The van der Waals surface area contributed by atoms with Crippen LogP contribution in [0.2, 0.25) is 0 Å². The summed E-state index contributed by atoms with van der Waals surface area (Å²) in [6.07, 6.45) is 0. The lowest BCUT2D eigenvalue weighted by atomic mass is 9.97. The van der Waals surface area contributed by atoms with Crippen LogP contribution in [-0.2, 0) is 15.3 Å². The molecule has 0 heterocycles. The lowest BCUT2D eigenvalue weighted by molar-refractivity contribution is -0.129. The van der Waals surface area contributed by atoms with Crippen molar-refractivity contribution in [3.8, 4) is 5.75 Å². The van der Waals surface area contributed by atoms with Crippen LogP contribution in [0.3, 0.4) is 0 Å². The number of imide groups is 1. The van der Waals surface area contributed by atoms with E-state index in [0.717, 1.165) is 16.8 Å². The first-order valence-corrected chi connectivity index (χ1v) is 8.89. The van der Waals surface area contributed by atoms with Gasteiger partial charge in [-0.05, 0) is 31.7 Å². The van der Waals surface area contributed by atoms with Gasteiger partial charge in [-0.25, -0.2) is 0 Å². The number of amides is 2. The van der Waals surface area contributed by atoms with Crippen molar-refractivity contribution < 1.29 is 22.7 Å². The number of hydrogen-bond acceptors (Lipinski definition) is 8. The van der Waals surface area contributed by atoms with E-state index in [2.05, 4.69) is 9.08 Å². The second kappa shape index (κ2) is 10.1. The van der Waals surface area contributed by atoms with E-state index in [9.17, 15) is 18.0 Å². The molecular weight excluding hydrogens is 354 g/mol. The lowest BCUT2D eigenvalue weighted by Crippen LogP contribution is -2.39. The molecule has 0 aliphatic heterocycles. The molecule has 0 aromatic heterocycles. The smallest absolute Gasteiger partial charge is 0.311 e. The molecule has 0 radical (unpaired) electrons. The van der Waals surface area contributed by atoms with Gasteiger partial charge in [0.2, 0.25) is 5.91 Å². The monoisotopic (exact) mass is 373 g/mol. The number of nitrogens with one attached hydrogen (secondary N) is 1. The summed E-state index contributed by atoms with van der Waals surface area (Å²) in [4.78, 5) is 25.8. The number of hydrogen-bond donors (Lipinski definition) is 1. The van der Waals surface area contributed by atoms with E-state index in [4.69, 9.17) is 4.74 Å². The fourth-order valence-corrected chi connectivity index (χ4v) is 2.78. The summed E-state index contributed by atoms with van der Waals surface area (Å²) < 4.78 is 32.6. The molecule has 2 amide bonds. The molecule has 1 aromatic rings. The van der Waals surface area contributed by atoms with Gasteiger partial charge in [0.05, 0.1) is 19.6 Å². The van der Waals surface area contributed by atoms with E-state index in [0.29, 0.717) is 11.3 Å². The molecule has 1 rings (SSSR count). The predicted molar refractivity (Wildman–Crippen MR) is 91.4 cm³/mol. The van der Waals surface area contributed by atoms with Gasteiger partial charge in [-0.2, -0.15) is 12.8 Å². The molecule has 1 unspecified atom stereocenters. The zero-order valence-corrected chi connectivity index (χ0v) is 15.2. The summed E-state index contributed by atoms with van der Waals surface area (Å²) in [5.41, 5.74) is 0.552. The molecule has 132 valence electrons. The number of nitrogens with zero attached hydrogens (tertiary/aromatic N) is 2. The number of likely N-dealkylation sites (N-methyl/N-ethyl adjacent to an activating group) is 1. The van der Waals surface area contributed by atoms with Crippen LogP contribution in [0.5, 0.6) is 5.75 Å². The summed E-state index contributed by atoms with van der Waals surface area (Å²) in [5.74, 6) is -0.789. The maximum atomic E-state index is 12.7. The van der Waals surface area contributed by atoms with Crippen molar-refractivity contribution in [1.29, 1.82) is 0 Å². The molecule has 10 heteroatoms. The molecule has 0 aliphatic rings. The van der Waals surface area contributed by atoms with Crippen molar-refractivity contribution in [2.45, 2.75) is 12.8 Å². The molecule has 1 N–H and O–H groups in total. The number of methoxy groups -OCH3 is 1. The standard InChI is InChI=1S/C14H19N3O5S2/c1-4-17(14(19)23-15-2)13(18)12(9-16-24(20)21)10-5-7-11(22-3)8-6-10/h5-8,12,15H,4,9H2,1-3H3. The molecule has 0 fully saturated rings. The van der Waals surface area contributed by atoms with Gasteiger partial charge >= 0.3 is 15.7 Å². The Hall–Kier alpha value is -1.91. The summed E-state index contributed by atoms with van der Waals surface area (Å²) >= 11 is 0.779. The van der Waals surface area contributed by atoms with Gasteiger partial charge in [0.1, 0.15) is 5.75 Å². The Morgan fingerprint density at radius 2 is 1.96 bits per heavy atom. The number of benzene rings is 1. The number of ether oxygens (including phenoxy) is 1. The molecule has 1 atom stereocenters. The highest BCUT2D eigenvalue weighted by molar-refractivity contribution is 8.11. The third-order valence-electron chi connectivity index (χ3n) is 3.17. The van der Waals surface area contributed by atoms with Crippen LogP contribution in [0.15, 0.2) is 28.6 Å². The average molecular weight is 373 g/mol. The third kappa shape index (κ3) is 5.62. The van der Waals surface area contributed by atoms with Crippen molar-refractivity contribution >= 4 is 33.6 Å². The SMILES string of the molecule is CCN(C(=O)SNC)C(=O)C(CN=S(=O)=O)c1ccc(OC)cc1. The minimum absolute atomic E-state index is 0.166. The summed E-state index contributed by atoms with van der Waals surface area (Å²) in [5, 5.41) is -0.466. The van der Waals surface area contributed by atoms with Crippen molar-refractivity contribution in [1.82, 2.24) is 9.62 Å². The Kier molecular flexibility index (Phi) is 8.44. The Morgan fingerprint density at radius 3 is 2.42 bits per heavy atom. The maximum absolute atomic E-state index is 12.7. The van der Waals surface area contributed by atoms with Gasteiger partial charge in [0, 0.05) is 18.5 Å². The van der Waals surface area contributed by atoms with E-state index in [1.807, 2.05) is 0 Å². The lowest BCUT2D eigenvalue weighted by Gasteiger charge is -2.23. The van der Waals surface area contributed by atoms with E-state index in [-0.39, 0.29) is 13.1 Å². The maximum Gasteiger partial charge on any atom is 0.311 e. The molecule has 0 saturated heterocycles.